The van der Waals surface area contributed by atoms with Crippen LogP contribution in [0.2, 0.25) is 0 Å². The van der Waals surface area contributed by atoms with E-state index >= 15 is 0 Å². The highest BCUT2D eigenvalue weighted by Crippen LogP contribution is 2.28. The van der Waals surface area contributed by atoms with Crippen LogP contribution in [-0.2, 0) is 0 Å². The second kappa shape index (κ2) is 5.21. The van der Waals surface area contributed by atoms with Gasteiger partial charge in [-0.25, -0.2) is 4.39 Å². The number of halogens is 2. The van der Waals surface area contributed by atoms with Gasteiger partial charge in [0.1, 0.15) is 5.82 Å². The SMILES string of the molecule is Cc1ccc(F)cc1C(N)c1cc(Br)ccc1C. The van der Waals surface area contributed by atoms with Gasteiger partial charge in [0.2, 0.25) is 0 Å². The van der Waals surface area contributed by atoms with Crippen LogP contribution in [-0.4, -0.2) is 0 Å². The van der Waals surface area contributed by atoms with Crippen LogP contribution in [0.25, 0.3) is 0 Å². The van der Waals surface area contributed by atoms with Crippen molar-refractivity contribution in [3.8, 4) is 0 Å². The highest BCUT2D eigenvalue weighted by atomic mass is 79.9. The van der Waals surface area contributed by atoms with Crippen LogP contribution in [0.3, 0.4) is 0 Å². The summed E-state index contributed by atoms with van der Waals surface area (Å²) in [6, 6.07) is 10.4. The summed E-state index contributed by atoms with van der Waals surface area (Å²) in [6.07, 6.45) is 0. The maximum absolute atomic E-state index is 13.3. The van der Waals surface area contributed by atoms with Gasteiger partial charge in [0.25, 0.3) is 0 Å². The lowest BCUT2D eigenvalue weighted by Gasteiger charge is -2.18. The van der Waals surface area contributed by atoms with Gasteiger partial charge in [-0.3, -0.25) is 0 Å². The third-order valence-corrected chi connectivity index (χ3v) is 3.65. The van der Waals surface area contributed by atoms with E-state index < -0.39 is 0 Å². The van der Waals surface area contributed by atoms with Crippen LogP contribution >= 0.6 is 15.9 Å². The number of rotatable bonds is 2. The lowest BCUT2D eigenvalue weighted by Crippen LogP contribution is -2.15. The predicted molar refractivity (Wildman–Crippen MR) is 76.0 cm³/mol. The van der Waals surface area contributed by atoms with Gasteiger partial charge in [-0.05, 0) is 60.4 Å². The van der Waals surface area contributed by atoms with Crippen LogP contribution in [0.1, 0.15) is 28.3 Å². The molecule has 3 heteroatoms. The fraction of sp³-hybridized carbons (Fsp3) is 0.200. The summed E-state index contributed by atoms with van der Waals surface area (Å²) in [5, 5.41) is 0. The second-order valence-electron chi connectivity index (χ2n) is 4.48. The molecule has 1 nitrogen and oxygen atoms in total. The van der Waals surface area contributed by atoms with Crippen molar-refractivity contribution in [2.75, 3.05) is 0 Å². The molecule has 2 rings (SSSR count). The van der Waals surface area contributed by atoms with Gasteiger partial charge in [-0.1, -0.05) is 28.1 Å². The van der Waals surface area contributed by atoms with Gasteiger partial charge in [-0.2, -0.15) is 0 Å². The monoisotopic (exact) mass is 307 g/mol. The van der Waals surface area contributed by atoms with Crippen LogP contribution in [0.4, 0.5) is 4.39 Å². The molecule has 94 valence electrons. The Bertz CT molecular complexity index is 529. The van der Waals surface area contributed by atoms with E-state index in [9.17, 15) is 4.39 Å². The van der Waals surface area contributed by atoms with Crippen molar-refractivity contribution >= 4 is 15.9 Å². The van der Waals surface area contributed by atoms with Crippen molar-refractivity contribution in [3.63, 3.8) is 0 Å². The smallest absolute Gasteiger partial charge is 0.123 e. The summed E-state index contributed by atoms with van der Waals surface area (Å²) in [6.45, 7) is 3.96. The van der Waals surface area contributed by atoms with E-state index in [1.807, 2.05) is 32.0 Å². The minimum Gasteiger partial charge on any atom is -0.320 e. The first kappa shape index (κ1) is 13.2. The lowest BCUT2D eigenvalue weighted by atomic mass is 9.93. The molecule has 2 aromatic carbocycles. The van der Waals surface area contributed by atoms with Crippen molar-refractivity contribution in [1.82, 2.24) is 0 Å². The minimum absolute atomic E-state index is 0.251. The second-order valence-corrected chi connectivity index (χ2v) is 5.40. The minimum atomic E-state index is -0.307. The van der Waals surface area contributed by atoms with Crippen molar-refractivity contribution in [3.05, 3.63) is 68.9 Å². The Balaban J connectivity index is 2.50. The van der Waals surface area contributed by atoms with Gasteiger partial charge >= 0.3 is 0 Å². The Kier molecular flexibility index (Phi) is 3.83. The maximum Gasteiger partial charge on any atom is 0.123 e. The fourth-order valence-electron chi connectivity index (χ4n) is 2.06. The molecule has 0 saturated carbocycles. The van der Waals surface area contributed by atoms with Gasteiger partial charge in [0.15, 0.2) is 0 Å². The molecule has 0 aliphatic rings. The predicted octanol–water partition coefficient (Wildman–Crippen LogP) is 4.25. The third-order valence-electron chi connectivity index (χ3n) is 3.15. The first-order valence-electron chi connectivity index (χ1n) is 5.76. The average molecular weight is 308 g/mol. The topological polar surface area (TPSA) is 26.0 Å². The molecule has 0 heterocycles. The molecule has 18 heavy (non-hydrogen) atoms. The number of hydrogen-bond donors (Lipinski definition) is 1. The average Bonchev–Trinajstić information content (AvgIpc) is 2.34. The molecule has 2 aromatic rings. The quantitative estimate of drug-likeness (QED) is 0.881. The lowest BCUT2D eigenvalue weighted by molar-refractivity contribution is 0.622. The molecule has 2 N–H and O–H groups in total. The van der Waals surface area contributed by atoms with E-state index in [1.54, 1.807) is 6.07 Å². The Labute approximate surface area is 115 Å². The molecule has 1 unspecified atom stereocenters. The summed E-state index contributed by atoms with van der Waals surface area (Å²) in [5.74, 6) is -0.251. The van der Waals surface area contributed by atoms with Gasteiger partial charge in [0, 0.05) is 4.47 Å². The zero-order valence-corrected chi connectivity index (χ0v) is 12.0. The highest BCUT2D eigenvalue weighted by molar-refractivity contribution is 9.10. The molecule has 0 amide bonds. The zero-order chi connectivity index (χ0) is 13.3. The largest absolute Gasteiger partial charge is 0.320 e. The molecule has 0 aliphatic carbocycles. The van der Waals surface area contributed by atoms with Gasteiger partial charge in [0.05, 0.1) is 6.04 Å². The van der Waals surface area contributed by atoms with E-state index in [4.69, 9.17) is 5.73 Å². The summed E-state index contributed by atoms with van der Waals surface area (Å²) < 4.78 is 14.3. The normalized spacial score (nSPS) is 12.5. The summed E-state index contributed by atoms with van der Waals surface area (Å²) in [4.78, 5) is 0. The van der Waals surface area contributed by atoms with E-state index in [-0.39, 0.29) is 11.9 Å². The van der Waals surface area contributed by atoms with Crippen LogP contribution in [0, 0.1) is 19.7 Å². The first-order chi connectivity index (χ1) is 8.49. The van der Waals surface area contributed by atoms with Gasteiger partial charge < -0.3 is 5.73 Å². The molecular formula is C15H15BrFN. The van der Waals surface area contributed by atoms with E-state index in [1.165, 1.54) is 12.1 Å². The molecule has 0 saturated heterocycles. The fourth-order valence-corrected chi connectivity index (χ4v) is 2.44. The van der Waals surface area contributed by atoms with Crippen LogP contribution in [0.15, 0.2) is 40.9 Å². The zero-order valence-electron chi connectivity index (χ0n) is 10.4. The summed E-state index contributed by atoms with van der Waals surface area (Å²) in [5.41, 5.74) is 10.2. The van der Waals surface area contributed by atoms with Crippen molar-refractivity contribution in [2.24, 2.45) is 5.73 Å². The molecule has 0 aromatic heterocycles. The number of hydrogen-bond acceptors (Lipinski definition) is 1. The van der Waals surface area contributed by atoms with E-state index in [0.29, 0.717) is 0 Å². The van der Waals surface area contributed by atoms with Crippen molar-refractivity contribution < 1.29 is 4.39 Å². The highest BCUT2D eigenvalue weighted by Gasteiger charge is 2.14. The van der Waals surface area contributed by atoms with Crippen molar-refractivity contribution in [1.29, 1.82) is 0 Å². The number of benzene rings is 2. The number of nitrogens with two attached hydrogens (primary N) is 1. The summed E-state index contributed by atoms with van der Waals surface area (Å²) in [7, 11) is 0. The number of aryl methyl sites for hydroxylation is 2. The molecule has 0 fully saturated rings. The van der Waals surface area contributed by atoms with E-state index in [2.05, 4.69) is 15.9 Å². The Morgan fingerprint density at radius 3 is 2.22 bits per heavy atom. The first-order valence-corrected chi connectivity index (χ1v) is 6.56. The Morgan fingerprint density at radius 2 is 1.56 bits per heavy atom. The molecule has 0 spiro atoms. The Morgan fingerprint density at radius 1 is 1.00 bits per heavy atom. The molecule has 0 aliphatic heterocycles. The molecule has 1 atom stereocenters. The van der Waals surface area contributed by atoms with Crippen LogP contribution in [0.5, 0.6) is 0 Å². The molecule has 0 radical (unpaired) electrons. The Hall–Kier alpha value is -1.19. The van der Waals surface area contributed by atoms with Crippen LogP contribution < -0.4 is 5.73 Å². The van der Waals surface area contributed by atoms with Gasteiger partial charge in [-0.15, -0.1) is 0 Å². The van der Waals surface area contributed by atoms with E-state index in [0.717, 1.165) is 26.7 Å². The third kappa shape index (κ3) is 2.62. The summed E-state index contributed by atoms with van der Waals surface area (Å²) >= 11 is 3.44. The molecular weight excluding hydrogens is 293 g/mol. The van der Waals surface area contributed by atoms with Crippen molar-refractivity contribution in [2.45, 2.75) is 19.9 Å². The standard InChI is InChI=1S/C15H15BrFN/c1-9-3-5-11(16)7-13(9)15(18)14-8-12(17)6-4-10(14)2/h3-8,15H,18H2,1-2H3. The molecule has 0 bridgehead atoms. The maximum atomic E-state index is 13.3.